The SMILES string of the molecule is COc1cc(C(O)c2cc(C)c(Cl)cc2C)ccc1C. The predicted octanol–water partition coefficient (Wildman–Crippen LogP) is 4.36. The Morgan fingerprint density at radius 3 is 2.35 bits per heavy atom. The van der Waals surface area contributed by atoms with Crippen molar-refractivity contribution >= 4 is 11.6 Å². The summed E-state index contributed by atoms with van der Waals surface area (Å²) in [6, 6.07) is 9.58. The largest absolute Gasteiger partial charge is 0.496 e. The van der Waals surface area contributed by atoms with Crippen LogP contribution in [-0.4, -0.2) is 12.2 Å². The Balaban J connectivity index is 2.46. The summed E-state index contributed by atoms with van der Waals surface area (Å²) in [7, 11) is 1.64. The van der Waals surface area contributed by atoms with Crippen molar-refractivity contribution in [3.63, 3.8) is 0 Å². The minimum atomic E-state index is -0.680. The lowest BCUT2D eigenvalue weighted by molar-refractivity contribution is 0.219. The molecule has 2 nitrogen and oxygen atoms in total. The van der Waals surface area contributed by atoms with Gasteiger partial charge in [-0.15, -0.1) is 0 Å². The van der Waals surface area contributed by atoms with Crippen molar-refractivity contribution in [1.29, 1.82) is 0 Å². The molecule has 0 heterocycles. The Morgan fingerprint density at radius 1 is 1.00 bits per heavy atom. The summed E-state index contributed by atoms with van der Waals surface area (Å²) >= 11 is 6.10. The lowest BCUT2D eigenvalue weighted by Gasteiger charge is -2.17. The number of aryl methyl sites for hydroxylation is 3. The lowest BCUT2D eigenvalue weighted by Crippen LogP contribution is -2.03. The third-order valence-corrected chi connectivity index (χ3v) is 4.00. The third-order valence-electron chi connectivity index (χ3n) is 3.59. The monoisotopic (exact) mass is 290 g/mol. The number of hydrogen-bond donors (Lipinski definition) is 1. The van der Waals surface area contributed by atoms with Crippen LogP contribution in [0.2, 0.25) is 5.02 Å². The zero-order valence-corrected chi connectivity index (χ0v) is 13.0. The van der Waals surface area contributed by atoms with Gasteiger partial charge < -0.3 is 9.84 Å². The first-order valence-electron chi connectivity index (χ1n) is 6.53. The first-order valence-corrected chi connectivity index (χ1v) is 6.91. The number of benzene rings is 2. The number of methoxy groups -OCH3 is 1. The van der Waals surface area contributed by atoms with E-state index in [0.717, 1.165) is 38.6 Å². The molecule has 0 saturated heterocycles. The van der Waals surface area contributed by atoms with Crippen LogP contribution in [-0.2, 0) is 0 Å². The summed E-state index contributed by atoms with van der Waals surface area (Å²) in [5.41, 5.74) is 4.68. The van der Waals surface area contributed by atoms with Crippen LogP contribution in [0.3, 0.4) is 0 Å². The summed E-state index contributed by atoms with van der Waals surface area (Å²) in [6.45, 7) is 5.87. The standard InChI is InChI=1S/C17H19ClO2/c1-10-5-6-13(9-16(10)20-4)17(19)14-7-12(3)15(18)8-11(14)2/h5-9,17,19H,1-4H3. The first-order chi connectivity index (χ1) is 9.43. The smallest absolute Gasteiger partial charge is 0.122 e. The van der Waals surface area contributed by atoms with Crippen molar-refractivity contribution in [2.75, 3.05) is 7.11 Å². The van der Waals surface area contributed by atoms with E-state index in [1.807, 2.05) is 51.1 Å². The zero-order valence-electron chi connectivity index (χ0n) is 12.2. The summed E-state index contributed by atoms with van der Waals surface area (Å²) in [5, 5.41) is 11.3. The fraction of sp³-hybridized carbons (Fsp3) is 0.294. The number of ether oxygens (including phenoxy) is 1. The van der Waals surface area contributed by atoms with E-state index in [-0.39, 0.29) is 0 Å². The van der Waals surface area contributed by atoms with Crippen molar-refractivity contribution in [2.24, 2.45) is 0 Å². The van der Waals surface area contributed by atoms with Gasteiger partial charge in [0.05, 0.1) is 7.11 Å². The molecule has 1 unspecified atom stereocenters. The van der Waals surface area contributed by atoms with Crippen LogP contribution in [0.1, 0.15) is 33.9 Å². The van der Waals surface area contributed by atoms with Crippen molar-refractivity contribution in [2.45, 2.75) is 26.9 Å². The highest BCUT2D eigenvalue weighted by Gasteiger charge is 2.15. The quantitative estimate of drug-likeness (QED) is 0.910. The van der Waals surface area contributed by atoms with Crippen LogP contribution < -0.4 is 4.74 Å². The molecule has 0 bridgehead atoms. The molecule has 2 rings (SSSR count). The van der Waals surface area contributed by atoms with Gasteiger partial charge in [0.15, 0.2) is 0 Å². The molecule has 106 valence electrons. The van der Waals surface area contributed by atoms with E-state index in [9.17, 15) is 5.11 Å². The maximum absolute atomic E-state index is 10.6. The van der Waals surface area contributed by atoms with E-state index in [1.54, 1.807) is 7.11 Å². The van der Waals surface area contributed by atoms with Gasteiger partial charge in [0.25, 0.3) is 0 Å². The second-order valence-electron chi connectivity index (χ2n) is 5.09. The fourth-order valence-corrected chi connectivity index (χ4v) is 2.50. The van der Waals surface area contributed by atoms with E-state index in [0.29, 0.717) is 0 Å². The molecule has 0 aliphatic carbocycles. The van der Waals surface area contributed by atoms with Crippen molar-refractivity contribution < 1.29 is 9.84 Å². The van der Waals surface area contributed by atoms with Gasteiger partial charge in [-0.25, -0.2) is 0 Å². The minimum Gasteiger partial charge on any atom is -0.496 e. The summed E-state index contributed by atoms with van der Waals surface area (Å²) < 4.78 is 5.31. The number of aliphatic hydroxyl groups is 1. The summed E-state index contributed by atoms with van der Waals surface area (Å²) in [4.78, 5) is 0. The molecule has 20 heavy (non-hydrogen) atoms. The molecule has 0 spiro atoms. The van der Waals surface area contributed by atoms with E-state index in [2.05, 4.69) is 0 Å². The van der Waals surface area contributed by atoms with Gasteiger partial charge in [0.1, 0.15) is 11.9 Å². The topological polar surface area (TPSA) is 29.5 Å². The molecular formula is C17H19ClO2. The molecule has 0 saturated carbocycles. The van der Waals surface area contributed by atoms with Crippen molar-refractivity contribution in [1.82, 2.24) is 0 Å². The maximum atomic E-state index is 10.6. The second kappa shape index (κ2) is 5.86. The number of rotatable bonds is 3. The van der Waals surface area contributed by atoms with Gasteiger partial charge in [0, 0.05) is 5.02 Å². The Labute approximate surface area is 125 Å². The molecule has 1 atom stereocenters. The molecule has 2 aromatic carbocycles. The molecule has 0 aliphatic heterocycles. The van der Waals surface area contributed by atoms with Gasteiger partial charge in [-0.2, -0.15) is 0 Å². The number of halogens is 1. The zero-order chi connectivity index (χ0) is 14.9. The Morgan fingerprint density at radius 2 is 1.70 bits per heavy atom. The van der Waals surface area contributed by atoms with Crippen molar-refractivity contribution in [3.05, 3.63) is 63.2 Å². The van der Waals surface area contributed by atoms with Gasteiger partial charge >= 0.3 is 0 Å². The van der Waals surface area contributed by atoms with Gasteiger partial charge in [0.2, 0.25) is 0 Å². The van der Waals surface area contributed by atoms with Crippen LogP contribution >= 0.6 is 11.6 Å². The van der Waals surface area contributed by atoms with Crippen LogP contribution in [0.25, 0.3) is 0 Å². The molecule has 1 N–H and O–H groups in total. The highest BCUT2D eigenvalue weighted by molar-refractivity contribution is 6.31. The highest BCUT2D eigenvalue weighted by Crippen LogP contribution is 2.31. The van der Waals surface area contributed by atoms with E-state index >= 15 is 0 Å². The van der Waals surface area contributed by atoms with Crippen LogP contribution in [0.15, 0.2) is 30.3 Å². The lowest BCUT2D eigenvalue weighted by atomic mass is 9.95. The molecule has 2 aromatic rings. The van der Waals surface area contributed by atoms with Gasteiger partial charge in [-0.05, 0) is 60.7 Å². The predicted molar refractivity (Wildman–Crippen MR) is 82.7 cm³/mol. The number of hydrogen-bond acceptors (Lipinski definition) is 2. The molecule has 0 fully saturated rings. The van der Waals surface area contributed by atoms with Gasteiger partial charge in [-0.3, -0.25) is 0 Å². The minimum absolute atomic E-state index is 0.680. The number of aliphatic hydroxyl groups excluding tert-OH is 1. The van der Waals surface area contributed by atoms with Crippen LogP contribution in [0, 0.1) is 20.8 Å². The summed E-state index contributed by atoms with van der Waals surface area (Å²) in [5.74, 6) is 0.782. The van der Waals surface area contributed by atoms with Crippen LogP contribution in [0.5, 0.6) is 5.75 Å². The molecule has 0 aromatic heterocycles. The Bertz CT molecular complexity index is 635. The highest BCUT2D eigenvalue weighted by atomic mass is 35.5. The maximum Gasteiger partial charge on any atom is 0.122 e. The average Bonchev–Trinajstić information content (AvgIpc) is 2.42. The normalized spacial score (nSPS) is 12.3. The second-order valence-corrected chi connectivity index (χ2v) is 5.50. The van der Waals surface area contributed by atoms with E-state index in [1.165, 1.54) is 0 Å². The molecule has 0 amide bonds. The third kappa shape index (κ3) is 2.82. The molecule has 0 aliphatic rings. The average molecular weight is 291 g/mol. The fourth-order valence-electron chi connectivity index (χ4n) is 2.28. The van der Waals surface area contributed by atoms with Crippen LogP contribution in [0.4, 0.5) is 0 Å². The Hall–Kier alpha value is -1.51. The molecule has 0 radical (unpaired) electrons. The van der Waals surface area contributed by atoms with E-state index in [4.69, 9.17) is 16.3 Å². The van der Waals surface area contributed by atoms with Crippen molar-refractivity contribution in [3.8, 4) is 5.75 Å². The molecular weight excluding hydrogens is 272 g/mol. The van der Waals surface area contributed by atoms with Gasteiger partial charge in [-0.1, -0.05) is 29.8 Å². The first kappa shape index (κ1) is 14.9. The Kier molecular flexibility index (Phi) is 4.36. The van der Waals surface area contributed by atoms with E-state index < -0.39 is 6.10 Å². The summed E-state index contributed by atoms with van der Waals surface area (Å²) in [6.07, 6.45) is -0.680. The molecule has 3 heteroatoms.